The number of para-hydroxylation sites is 1. The quantitative estimate of drug-likeness (QED) is 0.0930. The lowest BCUT2D eigenvalue weighted by Gasteiger charge is -2.56. The van der Waals surface area contributed by atoms with E-state index in [4.69, 9.17) is 14.8 Å². The Morgan fingerprint density at radius 1 is 0.952 bits per heavy atom. The van der Waals surface area contributed by atoms with Crippen molar-refractivity contribution in [1.29, 1.82) is 0 Å². The number of fused-ring (bicyclic) bond motifs is 1. The topological polar surface area (TPSA) is 215 Å². The maximum absolute atomic E-state index is 14.3. The molecule has 1 aromatic carbocycles. The molecule has 4 heterocycles. The number of aryl methyl sites for hydroxylation is 1. The molecule has 2 amide bonds. The van der Waals surface area contributed by atoms with Gasteiger partial charge in [0.2, 0.25) is 10.0 Å². The van der Waals surface area contributed by atoms with Gasteiger partial charge in [-0.1, -0.05) is 23.5 Å². The Kier molecular flexibility index (Phi) is 11.9. The van der Waals surface area contributed by atoms with Gasteiger partial charge in [-0.2, -0.15) is 5.10 Å². The van der Waals surface area contributed by atoms with Gasteiger partial charge >= 0.3 is 12.1 Å². The van der Waals surface area contributed by atoms with Crippen LogP contribution in [0.2, 0.25) is 0 Å². The Morgan fingerprint density at radius 3 is 2.30 bits per heavy atom. The SMILES string of the molecule is Cc1cc(N(C)c2ccc(-c3cnn(CC45CC6CC(CC(C6)C4)C5)c3C)c(C(=O)NS(=O)(=O)CCN(CCC(=O)O)C(=O)OC(C)(C)C)n2)nnc1Nc1nc2ccccc2s1. The molecule has 17 nitrogen and oxygen atoms in total. The standard InChI is InChI=1S/C44H54N10O7S2/c1-26-17-36(49-50-39(26)48-41-46-33-9-7-8-10-34(33)62-41)52(6)35-12-11-31(32-24-45-54(27(32)2)25-44-21-28-18-29(22-44)20-30(19-28)23-44)38(47-35)40(57)51-63(59,60)16-15-53(14-13-37(55)56)42(58)61-43(3,4)5/h7-12,17,24,28-30H,13-16,18-23,25H2,1-6H3,(H,51,57)(H,55,56)(H,46,48,50). The van der Waals surface area contributed by atoms with Gasteiger partial charge in [0, 0.05) is 43.5 Å². The Balaban J connectivity index is 1.07. The number of rotatable bonds is 15. The van der Waals surface area contributed by atoms with Crippen LogP contribution in [0.3, 0.4) is 0 Å². The first kappa shape index (κ1) is 43.9. The van der Waals surface area contributed by atoms with Crippen molar-refractivity contribution in [3.8, 4) is 11.1 Å². The molecule has 63 heavy (non-hydrogen) atoms. The van der Waals surface area contributed by atoms with E-state index in [9.17, 15) is 27.9 Å². The minimum absolute atomic E-state index is 0.158. The average molecular weight is 899 g/mol. The van der Waals surface area contributed by atoms with Gasteiger partial charge in [-0.3, -0.25) is 14.3 Å². The monoisotopic (exact) mass is 898 g/mol. The number of hydrogen-bond donors (Lipinski definition) is 3. The molecule has 0 saturated heterocycles. The van der Waals surface area contributed by atoms with Crippen LogP contribution in [-0.2, 0) is 26.1 Å². The van der Waals surface area contributed by atoms with Gasteiger partial charge in [-0.25, -0.2) is 27.9 Å². The molecule has 4 aliphatic rings. The highest BCUT2D eigenvalue weighted by atomic mass is 32.2. The lowest BCUT2D eigenvalue weighted by Crippen LogP contribution is -2.48. The summed E-state index contributed by atoms with van der Waals surface area (Å²) in [6.45, 7) is 8.86. The number of carbonyl (C=O) groups excluding carboxylic acids is 2. The van der Waals surface area contributed by atoms with Crippen molar-refractivity contribution in [3.05, 3.63) is 65.6 Å². The summed E-state index contributed by atoms with van der Waals surface area (Å²) in [4.78, 5) is 50.6. The summed E-state index contributed by atoms with van der Waals surface area (Å²) in [5.41, 5.74) is 2.66. The van der Waals surface area contributed by atoms with Crippen molar-refractivity contribution < 1.29 is 32.6 Å². The van der Waals surface area contributed by atoms with Crippen molar-refractivity contribution in [2.45, 2.75) is 91.7 Å². The van der Waals surface area contributed by atoms with E-state index in [2.05, 4.69) is 25.2 Å². The molecule has 3 N–H and O–H groups in total. The lowest BCUT2D eigenvalue weighted by atomic mass is 9.49. The normalized spacial score (nSPS) is 20.4. The summed E-state index contributed by atoms with van der Waals surface area (Å²) in [6, 6.07) is 13.1. The Hall–Kier alpha value is -5.69. The van der Waals surface area contributed by atoms with Crippen LogP contribution >= 0.6 is 11.3 Å². The first-order valence-electron chi connectivity index (χ1n) is 21.3. The molecule has 0 aliphatic heterocycles. The Bertz CT molecular complexity index is 2610. The molecule has 0 atom stereocenters. The molecule has 4 bridgehead atoms. The zero-order valence-corrected chi connectivity index (χ0v) is 38.1. The fourth-order valence-electron chi connectivity index (χ4n) is 9.92. The van der Waals surface area contributed by atoms with E-state index in [1.165, 1.54) is 49.9 Å². The predicted octanol–water partition coefficient (Wildman–Crippen LogP) is 7.46. The smallest absolute Gasteiger partial charge is 0.410 e. The number of carboxylic acids is 1. The number of sulfonamides is 1. The molecule has 0 spiro atoms. The highest BCUT2D eigenvalue weighted by molar-refractivity contribution is 7.90. The van der Waals surface area contributed by atoms with Crippen LogP contribution in [-0.4, -0.2) is 97.8 Å². The molecule has 5 aromatic rings. The van der Waals surface area contributed by atoms with Gasteiger partial charge in [0.15, 0.2) is 16.8 Å². The number of thiazole rings is 1. The molecule has 334 valence electrons. The number of anilines is 4. The maximum atomic E-state index is 14.3. The minimum Gasteiger partial charge on any atom is -0.481 e. The predicted molar refractivity (Wildman–Crippen MR) is 240 cm³/mol. The fraction of sp³-hybridized carbons (Fsp3) is 0.500. The third kappa shape index (κ3) is 9.93. The van der Waals surface area contributed by atoms with Gasteiger partial charge in [0.05, 0.1) is 28.6 Å². The number of amides is 2. The third-order valence-corrected chi connectivity index (χ3v) is 14.6. The van der Waals surface area contributed by atoms with Crippen molar-refractivity contribution in [2.24, 2.45) is 23.2 Å². The number of nitrogens with one attached hydrogen (secondary N) is 2. The maximum Gasteiger partial charge on any atom is 0.410 e. The highest BCUT2D eigenvalue weighted by Gasteiger charge is 2.51. The summed E-state index contributed by atoms with van der Waals surface area (Å²) in [5.74, 6) is 0.685. The van der Waals surface area contributed by atoms with E-state index >= 15 is 0 Å². The van der Waals surface area contributed by atoms with Crippen LogP contribution in [0, 0.1) is 37.0 Å². The molecule has 4 aliphatic carbocycles. The van der Waals surface area contributed by atoms with Crippen molar-refractivity contribution in [1.82, 2.24) is 39.6 Å². The summed E-state index contributed by atoms with van der Waals surface area (Å²) in [5, 5.41) is 26.9. The largest absolute Gasteiger partial charge is 0.481 e. The number of aliphatic carboxylic acids is 1. The zero-order chi connectivity index (χ0) is 44.8. The van der Waals surface area contributed by atoms with E-state index in [-0.39, 0.29) is 17.7 Å². The second kappa shape index (κ2) is 17.1. The Labute approximate surface area is 370 Å². The zero-order valence-electron chi connectivity index (χ0n) is 36.4. The van der Waals surface area contributed by atoms with Crippen molar-refractivity contribution in [3.63, 3.8) is 0 Å². The second-order valence-electron chi connectivity index (χ2n) is 18.6. The number of nitrogens with zero attached hydrogens (tertiary/aromatic N) is 8. The number of pyridine rings is 1. The van der Waals surface area contributed by atoms with Crippen LogP contribution in [0.4, 0.5) is 27.4 Å². The molecular weight excluding hydrogens is 845 g/mol. The molecule has 0 radical (unpaired) electrons. The van der Waals surface area contributed by atoms with E-state index < -0.39 is 52.3 Å². The number of ether oxygens (including phenoxy) is 1. The van der Waals surface area contributed by atoms with Crippen molar-refractivity contribution in [2.75, 3.05) is 36.1 Å². The van der Waals surface area contributed by atoms with E-state index in [0.717, 1.165) is 50.7 Å². The van der Waals surface area contributed by atoms with Crippen LogP contribution in [0.15, 0.2) is 48.7 Å². The van der Waals surface area contributed by atoms with Crippen molar-refractivity contribution >= 4 is 72.1 Å². The van der Waals surface area contributed by atoms with Crippen LogP contribution in [0.25, 0.3) is 21.3 Å². The minimum atomic E-state index is -4.41. The lowest BCUT2D eigenvalue weighted by molar-refractivity contribution is -0.137. The average Bonchev–Trinajstić information content (AvgIpc) is 3.78. The number of carboxylic acid groups (broad SMARTS) is 1. The fourth-order valence-corrected chi connectivity index (χ4v) is 11.7. The summed E-state index contributed by atoms with van der Waals surface area (Å²) in [7, 11) is -2.69. The van der Waals surface area contributed by atoms with Gasteiger partial charge in [0.25, 0.3) is 5.91 Å². The molecule has 4 fully saturated rings. The van der Waals surface area contributed by atoms with Gasteiger partial charge in [-0.05, 0) is 132 Å². The van der Waals surface area contributed by atoms with E-state index in [1.54, 1.807) is 51.0 Å². The van der Waals surface area contributed by atoms with Gasteiger partial charge < -0.3 is 25.0 Å². The highest BCUT2D eigenvalue weighted by Crippen LogP contribution is 2.60. The molecule has 4 aromatic heterocycles. The first-order valence-corrected chi connectivity index (χ1v) is 23.8. The van der Waals surface area contributed by atoms with Crippen LogP contribution in [0.1, 0.15) is 87.5 Å². The third-order valence-electron chi connectivity index (χ3n) is 12.4. The van der Waals surface area contributed by atoms with E-state index in [0.29, 0.717) is 33.7 Å². The van der Waals surface area contributed by atoms with Gasteiger partial charge in [-0.15, -0.1) is 10.2 Å². The summed E-state index contributed by atoms with van der Waals surface area (Å²) in [6.07, 6.45) is 8.00. The van der Waals surface area contributed by atoms with E-state index in [1.807, 2.05) is 48.9 Å². The van der Waals surface area contributed by atoms with Crippen LogP contribution < -0.4 is 14.9 Å². The van der Waals surface area contributed by atoms with Gasteiger partial charge in [0.1, 0.15) is 17.1 Å². The number of carbonyl (C=O) groups is 3. The van der Waals surface area contributed by atoms with Crippen LogP contribution in [0.5, 0.6) is 0 Å². The molecular formula is C44H54N10O7S2. The number of benzene rings is 1. The second-order valence-corrected chi connectivity index (χ2v) is 21.4. The Morgan fingerprint density at radius 2 is 1.65 bits per heavy atom. The molecule has 0 unspecified atom stereocenters. The molecule has 4 saturated carbocycles. The first-order chi connectivity index (χ1) is 29.8. The number of aromatic nitrogens is 6. The molecule has 9 rings (SSSR count). The summed E-state index contributed by atoms with van der Waals surface area (Å²) < 4.78 is 37.9. The molecule has 19 heteroatoms. The number of hydrogen-bond acceptors (Lipinski definition) is 14. The summed E-state index contributed by atoms with van der Waals surface area (Å²) >= 11 is 1.50.